The van der Waals surface area contributed by atoms with E-state index in [0.717, 1.165) is 18.9 Å². The average molecular weight is 318 g/mol. The molecule has 0 saturated carbocycles. The van der Waals surface area contributed by atoms with Gasteiger partial charge in [0.15, 0.2) is 0 Å². The van der Waals surface area contributed by atoms with E-state index in [9.17, 15) is 0 Å². The number of pyridine rings is 1. The monoisotopic (exact) mass is 317 g/mol. The van der Waals surface area contributed by atoms with Crippen LogP contribution in [0.25, 0.3) is 0 Å². The minimum Gasteiger partial charge on any atom is -0.369 e. The molecule has 3 nitrogen and oxygen atoms in total. The number of halogens is 2. The minimum absolute atomic E-state index is 0.342. The quantitative estimate of drug-likeness (QED) is 0.669. The van der Waals surface area contributed by atoms with Crippen LogP contribution in [-0.2, 0) is 0 Å². The van der Waals surface area contributed by atoms with Crippen LogP contribution in [0, 0.1) is 5.92 Å². The predicted octanol–water partition coefficient (Wildman–Crippen LogP) is 5.45. The number of nitrogens with zero attached hydrogens (tertiary/aromatic N) is 1. The van der Waals surface area contributed by atoms with Crippen molar-refractivity contribution in [2.45, 2.75) is 53.0 Å². The van der Waals surface area contributed by atoms with Crippen LogP contribution >= 0.6 is 23.2 Å². The van der Waals surface area contributed by atoms with Crippen molar-refractivity contribution in [1.82, 2.24) is 4.98 Å². The summed E-state index contributed by atoms with van der Waals surface area (Å²) in [7, 11) is 0. The van der Waals surface area contributed by atoms with Crippen LogP contribution in [0.1, 0.15) is 47.0 Å². The molecule has 114 valence electrons. The fourth-order valence-corrected chi connectivity index (χ4v) is 2.48. The highest BCUT2D eigenvalue weighted by Gasteiger charge is 2.11. The van der Waals surface area contributed by atoms with E-state index in [2.05, 4.69) is 36.4 Å². The molecule has 0 spiro atoms. The molecule has 0 bridgehead atoms. The van der Waals surface area contributed by atoms with Crippen LogP contribution in [0.3, 0.4) is 0 Å². The molecule has 0 aliphatic heterocycles. The zero-order valence-electron chi connectivity index (χ0n) is 12.8. The second-order valence-corrected chi connectivity index (χ2v) is 6.36. The standard InChI is InChI=1S/C15H25Cl2N3/c1-5-18-14-12(16)9-13(17)15(20-14)19-11(4)8-6-7-10(2)3/h9-11H,5-8H2,1-4H3,(H2,18,19,20). The number of anilines is 2. The molecule has 2 N–H and O–H groups in total. The summed E-state index contributed by atoms with van der Waals surface area (Å²) in [6, 6.07) is 2.08. The van der Waals surface area contributed by atoms with Crippen molar-refractivity contribution in [3.05, 3.63) is 16.1 Å². The SMILES string of the molecule is CCNc1nc(NC(C)CCCC(C)C)c(Cl)cc1Cl. The summed E-state index contributed by atoms with van der Waals surface area (Å²) in [4.78, 5) is 4.46. The largest absolute Gasteiger partial charge is 0.369 e. The van der Waals surface area contributed by atoms with Crippen LogP contribution < -0.4 is 10.6 Å². The molecule has 0 aromatic carbocycles. The lowest BCUT2D eigenvalue weighted by Crippen LogP contribution is -2.17. The van der Waals surface area contributed by atoms with Gasteiger partial charge < -0.3 is 10.6 Å². The first-order chi connectivity index (χ1) is 9.43. The minimum atomic E-state index is 0.342. The maximum absolute atomic E-state index is 6.19. The lowest BCUT2D eigenvalue weighted by Gasteiger charge is -2.17. The smallest absolute Gasteiger partial charge is 0.147 e. The van der Waals surface area contributed by atoms with E-state index in [1.54, 1.807) is 6.07 Å². The molecule has 5 heteroatoms. The second-order valence-electron chi connectivity index (χ2n) is 5.55. The number of hydrogen-bond donors (Lipinski definition) is 2. The van der Waals surface area contributed by atoms with Gasteiger partial charge in [0.1, 0.15) is 11.6 Å². The maximum Gasteiger partial charge on any atom is 0.147 e. The Bertz CT molecular complexity index is 422. The van der Waals surface area contributed by atoms with Gasteiger partial charge in [-0.1, -0.05) is 49.9 Å². The van der Waals surface area contributed by atoms with E-state index in [4.69, 9.17) is 23.2 Å². The first-order valence-electron chi connectivity index (χ1n) is 7.30. The molecular formula is C15H25Cl2N3. The van der Waals surface area contributed by atoms with Crippen molar-refractivity contribution < 1.29 is 0 Å². The first-order valence-corrected chi connectivity index (χ1v) is 8.06. The molecule has 0 aliphatic carbocycles. The summed E-state index contributed by atoms with van der Waals surface area (Å²) in [5, 5.41) is 7.61. The van der Waals surface area contributed by atoms with Gasteiger partial charge in [0.05, 0.1) is 10.0 Å². The zero-order chi connectivity index (χ0) is 15.1. The van der Waals surface area contributed by atoms with Gasteiger partial charge in [-0.2, -0.15) is 0 Å². The molecule has 0 saturated heterocycles. The molecule has 0 aliphatic rings. The van der Waals surface area contributed by atoms with Gasteiger partial charge >= 0.3 is 0 Å². The number of nitrogens with one attached hydrogen (secondary N) is 2. The fourth-order valence-electron chi connectivity index (χ4n) is 2.00. The highest BCUT2D eigenvalue weighted by molar-refractivity contribution is 6.37. The molecular weight excluding hydrogens is 293 g/mol. The van der Waals surface area contributed by atoms with E-state index in [0.29, 0.717) is 27.7 Å². The summed E-state index contributed by atoms with van der Waals surface area (Å²) in [6.45, 7) is 9.43. The van der Waals surface area contributed by atoms with E-state index in [-0.39, 0.29) is 0 Å². The lowest BCUT2D eigenvalue weighted by atomic mass is 10.0. The van der Waals surface area contributed by atoms with Crippen LogP contribution in [0.5, 0.6) is 0 Å². The van der Waals surface area contributed by atoms with Crippen molar-refractivity contribution in [1.29, 1.82) is 0 Å². The van der Waals surface area contributed by atoms with Crippen LogP contribution in [0.2, 0.25) is 10.0 Å². The number of hydrogen-bond acceptors (Lipinski definition) is 3. The zero-order valence-corrected chi connectivity index (χ0v) is 14.3. The Labute approximate surface area is 132 Å². The first kappa shape index (κ1) is 17.4. The van der Waals surface area contributed by atoms with Crippen LogP contribution in [-0.4, -0.2) is 17.6 Å². The van der Waals surface area contributed by atoms with Crippen LogP contribution in [0.4, 0.5) is 11.6 Å². The third-order valence-corrected chi connectivity index (χ3v) is 3.65. The van der Waals surface area contributed by atoms with Gasteiger partial charge in [0.25, 0.3) is 0 Å². The lowest BCUT2D eigenvalue weighted by molar-refractivity contribution is 0.520. The molecule has 20 heavy (non-hydrogen) atoms. The summed E-state index contributed by atoms with van der Waals surface area (Å²) < 4.78 is 0. The number of aromatic nitrogens is 1. The number of rotatable bonds is 8. The Morgan fingerprint density at radius 1 is 1.10 bits per heavy atom. The molecule has 0 amide bonds. The van der Waals surface area contributed by atoms with Crippen molar-refractivity contribution in [2.75, 3.05) is 17.2 Å². The summed E-state index contributed by atoms with van der Waals surface area (Å²) in [5.74, 6) is 2.12. The van der Waals surface area contributed by atoms with Crippen molar-refractivity contribution in [2.24, 2.45) is 5.92 Å². The van der Waals surface area contributed by atoms with Gasteiger partial charge in [-0.25, -0.2) is 4.98 Å². The Morgan fingerprint density at radius 2 is 1.75 bits per heavy atom. The van der Waals surface area contributed by atoms with E-state index in [1.807, 2.05) is 6.92 Å². The summed E-state index contributed by atoms with van der Waals surface area (Å²) >= 11 is 12.3. The molecule has 0 fully saturated rings. The van der Waals surface area contributed by atoms with Gasteiger partial charge in [-0.15, -0.1) is 0 Å². The van der Waals surface area contributed by atoms with Gasteiger partial charge in [0, 0.05) is 12.6 Å². The third-order valence-electron chi connectivity index (χ3n) is 3.08. The molecule has 1 atom stereocenters. The van der Waals surface area contributed by atoms with Crippen molar-refractivity contribution in [3.8, 4) is 0 Å². The second kappa shape index (κ2) is 8.58. The fraction of sp³-hybridized carbons (Fsp3) is 0.667. The Morgan fingerprint density at radius 3 is 2.35 bits per heavy atom. The highest BCUT2D eigenvalue weighted by atomic mass is 35.5. The Balaban J connectivity index is 2.64. The molecule has 1 heterocycles. The van der Waals surface area contributed by atoms with Gasteiger partial charge in [-0.3, -0.25) is 0 Å². The maximum atomic E-state index is 6.19. The van der Waals surface area contributed by atoms with E-state index >= 15 is 0 Å². The highest BCUT2D eigenvalue weighted by Crippen LogP contribution is 2.29. The van der Waals surface area contributed by atoms with E-state index in [1.165, 1.54) is 12.8 Å². The van der Waals surface area contributed by atoms with E-state index < -0.39 is 0 Å². The van der Waals surface area contributed by atoms with Crippen LogP contribution in [0.15, 0.2) is 6.07 Å². The van der Waals surface area contributed by atoms with Crippen molar-refractivity contribution in [3.63, 3.8) is 0 Å². The summed E-state index contributed by atoms with van der Waals surface area (Å²) in [6.07, 6.45) is 3.56. The summed E-state index contributed by atoms with van der Waals surface area (Å²) in [5.41, 5.74) is 0. The molecule has 1 aromatic rings. The Hall–Kier alpha value is -0.670. The van der Waals surface area contributed by atoms with Gasteiger partial charge in [0.2, 0.25) is 0 Å². The van der Waals surface area contributed by atoms with Gasteiger partial charge in [-0.05, 0) is 32.3 Å². The molecule has 1 aromatic heterocycles. The molecule has 1 unspecified atom stereocenters. The van der Waals surface area contributed by atoms with Crippen molar-refractivity contribution >= 4 is 34.8 Å². The predicted molar refractivity (Wildman–Crippen MR) is 90.2 cm³/mol. The molecule has 1 rings (SSSR count). The third kappa shape index (κ3) is 5.76. The normalized spacial score (nSPS) is 12.6. The Kier molecular flexibility index (Phi) is 7.46. The topological polar surface area (TPSA) is 37.0 Å². The average Bonchev–Trinajstić information content (AvgIpc) is 2.35. The molecule has 0 radical (unpaired) electrons.